The number of hydrogen-bond acceptors (Lipinski definition) is 3. The van der Waals surface area contributed by atoms with Gasteiger partial charge in [-0.25, -0.2) is 0 Å². The lowest BCUT2D eigenvalue weighted by atomic mass is 10.00. The summed E-state index contributed by atoms with van der Waals surface area (Å²) in [7, 11) is 1.72. The van der Waals surface area contributed by atoms with E-state index < -0.39 is 0 Å². The second-order valence-corrected chi connectivity index (χ2v) is 5.45. The zero-order chi connectivity index (χ0) is 12.4. The molecule has 18 heavy (non-hydrogen) atoms. The van der Waals surface area contributed by atoms with Gasteiger partial charge in [-0.2, -0.15) is 0 Å². The Morgan fingerprint density at radius 3 is 3.11 bits per heavy atom. The summed E-state index contributed by atoms with van der Waals surface area (Å²) in [5.74, 6) is 0.943. The zero-order valence-corrected chi connectivity index (χ0v) is 11.0. The maximum absolute atomic E-state index is 5.95. The molecule has 0 saturated carbocycles. The van der Waals surface area contributed by atoms with Crippen LogP contribution in [-0.2, 0) is 11.3 Å². The smallest absolute Gasteiger partial charge is 0.119 e. The molecule has 2 aliphatic rings. The van der Waals surface area contributed by atoms with E-state index in [1.54, 1.807) is 7.11 Å². The summed E-state index contributed by atoms with van der Waals surface area (Å²) in [6, 6.07) is 8.35. The van der Waals surface area contributed by atoms with Crippen LogP contribution in [0.5, 0.6) is 5.75 Å². The van der Waals surface area contributed by atoms with E-state index in [4.69, 9.17) is 9.47 Å². The van der Waals surface area contributed by atoms with Crippen molar-refractivity contribution >= 4 is 0 Å². The highest BCUT2D eigenvalue weighted by Gasteiger charge is 2.41. The summed E-state index contributed by atoms with van der Waals surface area (Å²) in [6.07, 6.45) is 3.66. The van der Waals surface area contributed by atoms with E-state index in [9.17, 15) is 0 Å². The molecule has 3 rings (SSSR count). The molecule has 1 aromatic rings. The van der Waals surface area contributed by atoms with Crippen LogP contribution in [0.4, 0.5) is 0 Å². The van der Waals surface area contributed by atoms with Gasteiger partial charge < -0.3 is 9.47 Å². The van der Waals surface area contributed by atoms with Gasteiger partial charge in [-0.3, -0.25) is 4.90 Å². The predicted octanol–water partition coefficient (Wildman–Crippen LogP) is 2.45. The Balaban J connectivity index is 1.63. The monoisotopic (exact) mass is 247 g/mol. The van der Waals surface area contributed by atoms with Crippen LogP contribution in [0.25, 0.3) is 0 Å². The maximum atomic E-state index is 5.95. The molecule has 2 heterocycles. The Bertz CT molecular complexity index is 413. The van der Waals surface area contributed by atoms with Crippen LogP contribution in [0.3, 0.4) is 0 Å². The number of methoxy groups -OCH3 is 1. The largest absolute Gasteiger partial charge is 0.497 e. The fourth-order valence-corrected chi connectivity index (χ4v) is 3.17. The SMILES string of the molecule is COc1cccc(CN2CC[C@]3(CCCO3)C2)c1. The summed E-state index contributed by atoms with van der Waals surface area (Å²) in [4.78, 5) is 2.50. The lowest BCUT2D eigenvalue weighted by Crippen LogP contribution is -2.32. The minimum absolute atomic E-state index is 0.179. The molecular formula is C15H21NO2. The normalized spacial score (nSPS) is 28.1. The Morgan fingerprint density at radius 2 is 2.33 bits per heavy atom. The van der Waals surface area contributed by atoms with E-state index in [1.807, 2.05) is 6.07 Å². The number of rotatable bonds is 3. The summed E-state index contributed by atoms with van der Waals surface area (Å²) in [6.45, 7) is 4.19. The van der Waals surface area contributed by atoms with E-state index in [0.717, 1.165) is 32.0 Å². The Hall–Kier alpha value is -1.06. The highest BCUT2D eigenvalue weighted by atomic mass is 16.5. The molecule has 0 unspecified atom stereocenters. The van der Waals surface area contributed by atoms with Gasteiger partial charge in [0.2, 0.25) is 0 Å². The molecule has 1 aromatic carbocycles. The number of nitrogens with zero attached hydrogens (tertiary/aromatic N) is 1. The summed E-state index contributed by atoms with van der Waals surface area (Å²) >= 11 is 0. The van der Waals surface area contributed by atoms with Crippen LogP contribution in [0.1, 0.15) is 24.8 Å². The fraction of sp³-hybridized carbons (Fsp3) is 0.600. The summed E-state index contributed by atoms with van der Waals surface area (Å²) in [5, 5.41) is 0. The topological polar surface area (TPSA) is 21.7 Å². The second-order valence-electron chi connectivity index (χ2n) is 5.45. The average molecular weight is 247 g/mol. The minimum atomic E-state index is 0.179. The van der Waals surface area contributed by atoms with Gasteiger partial charge in [0.15, 0.2) is 0 Å². The minimum Gasteiger partial charge on any atom is -0.497 e. The van der Waals surface area contributed by atoms with Crippen molar-refractivity contribution < 1.29 is 9.47 Å². The molecule has 0 radical (unpaired) electrons. The first kappa shape index (κ1) is 12.0. The molecular weight excluding hydrogens is 226 g/mol. The number of likely N-dealkylation sites (tertiary alicyclic amines) is 1. The van der Waals surface area contributed by atoms with Gasteiger partial charge in [0, 0.05) is 26.2 Å². The summed E-state index contributed by atoms with van der Waals surface area (Å²) in [5.41, 5.74) is 1.50. The third-order valence-electron chi connectivity index (χ3n) is 4.12. The van der Waals surface area contributed by atoms with Gasteiger partial charge in [0.1, 0.15) is 5.75 Å². The molecule has 2 fully saturated rings. The molecule has 0 aromatic heterocycles. The molecule has 0 amide bonds. The van der Waals surface area contributed by atoms with Gasteiger partial charge in [0.05, 0.1) is 12.7 Å². The van der Waals surface area contributed by atoms with E-state index >= 15 is 0 Å². The Labute approximate surface area is 109 Å². The van der Waals surface area contributed by atoms with E-state index in [-0.39, 0.29) is 5.60 Å². The lowest BCUT2D eigenvalue weighted by Gasteiger charge is -2.23. The molecule has 0 aliphatic carbocycles. The molecule has 3 heteroatoms. The molecule has 1 atom stereocenters. The van der Waals surface area contributed by atoms with Crippen molar-refractivity contribution in [3.63, 3.8) is 0 Å². The molecule has 3 nitrogen and oxygen atoms in total. The third-order valence-corrected chi connectivity index (χ3v) is 4.12. The van der Waals surface area contributed by atoms with Gasteiger partial charge in [-0.15, -0.1) is 0 Å². The van der Waals surface area contributed by atoms with Gasteiger partial charge in [0.25, 0.3) is 0 Å². The predicted molar refractivity (Wildman–Crippen MR) is 70.8 cm³/mol. The van der Waals surface area contributed by atoms with Crippen molar-refractivity contribution in [2.24, 2.45) is 0 Å². The fourth-order valence-electron chi connectivity index (χ4n) is 3.17. The van der Waals surface area contributed by atoms with Crippen molar-refractivity contribution in [3.8, 4) is 5.75 Å². The van der Waals surface area contributed by atoms with E-state index in [1.165, 1.54) is 24.8 Å². The van der Waals surface area contributed by atoms with Crippen LogP contribution in [0.15, 0.2) is 24.3 Å². The Morgan fingerprint density at radius 1 is 1.39 bits per heavy atom. The quantitative estimate of drug-likeness (QED) is 0.819. The van der Waals surface area contributed by atoms with Crippen LogP contribution >= 0.6 is 0 Å². The second kappa shape index (κ2) is 4.90. The summed E-state index contributed by atoms with van der Waals surface area (Å²) < 4.78 is 11.2. The van der Waals surface area contributed by atoms with Crippen molar-refractivity contribution in [1.82, 2.24) is 4.90 Å². The molecule has 0 N–H and O–H groups in total. The maximum Gasteiger partial charge on any atom is 0.119 e. The molecule has 2 aliphatic heterocycles. The first-order valence-corrected chi connectivity index (χ1v) is 6.79. The van der Waals surface area contributed by atoms with Crippen LogP contribution in [0, 0.1) is 0 Å². The van der Waals surface area contributed by atoms with Gasteiger partial charge >= 0.3 is 0 Å². The standard InChI is InChI=1S/C15H21NO2/c1-17-14-5-2-4-13(10-14)11-16-8-7-15(12-16)6-3-9-18-15/h2,4-5,10H,3,6-9,11-12H2,1H3/t15-/m1/s1. The van der Waals surface area contributed by atoms with Gasteiger partial charge in [-0.1, -0.05) is 12.1 Å². The number of benzene rings is 1. The van der Waals surface area contributed by atoms with Crippen molar-refractivity contribution in [1.29, 1.82) is 0 Å². The third kappa shape index (κ3) is 2.38. The average Bonchev–Trinajstić information content (AvgIpc) is 3.01. The van der Waals surface area contributed by atoms with Crippen LogP contribution in [-0.4, -0.2) is 37.3 Å². The Kier molecular flexibility index (Phi) is 3.27. The van der Waals surface area contributed by atoms with Crippen LogP contribution in [0.2, 0.25) is 0 Å². The van der Waals surface area contributed by atoms with E-state index in [2.05, 4.69) is 23.1 Å². The van der Waals surface area contributed by atoms with Crippen molar-refractivity contribution in [3.05, 3.63) is 29.8 Å². The van der Waals surface area contributed by atoms with Gasteiger partial charge in [-0.05, 0) is 37.0 Å². The van der Waals surface area contributed by atoms with E-state index in [0.29, 0.717) is 0 Å². The first-order chi connectivity index (χ1) is 8.80. The van der Waals surface area contributed by atoms with Crippen molar-refractivity contribution in [2.45, 2.75) is 31.4 Å². The first-order valence-electron chi connectivity index (χ1n) is 6.79. The van der Waals surface area contributed by atoms with Crippen LogP contribution < -0.4 is 4.74 Å². The highest BCUT2D eigenvalue weighted by Crippen LogP contribution is 2.35. The highest BCUT2D eigenvalue weighted by molar-refractivity contribution is 5.28. The molecule has 2 saturated heterocycles. The number of hydrogen-bond donors (Lipinski definition) is 0. The molecule has 0 bridgehead atoms. The zero-order valence-electron chi connectivity index (χ0n) is 11.0. The molecule has 98 valence electrons. The number of ether oxygens (including phenoxy) is 2. The van der Waals surface area contributed by atoms with Crippen molar-refractivity contribution in [2.75, 3.05) is 26.8 Å². The molecule has 1 spiro atoms. The lowest BCUT2D eigenvalue weighted by molar-refractivity contribution is 0.0122.